The predicted molar refractivity (Wildman–Crippen MR) is 169 cm³/mol. The first kappa shape index (κ1) is 28.3. The summed E-state index contributed by atoms with van der Waals surface area (Å²) >= 11 is 9.58. The number of aromatic nitrogens is 4. The second-order valence-electron chi connectivity index (χ2n) is 9.80. The van der Waals surface area contributed by atoms with Gasteiger partial charge in [-0.1, -0.05) is 53.7 Å². The van der Waals surface area contributed by atoms with Gasteiger partial charge in [0, 0.05) is 42.8 Å². The molecule has 1 saturated heterocycles. The molecule has 2 aromatic heterocycles. The summed E-state index contributed by atoms with van der Waals surface area (Å²) in [6.45, 7) is 4.91. The summed E-state index contributed by atoms with van der Waals surface area (Å²) < 4.78 is 7.31. The molecule has 0 aliphatic carbocycles. The van der Waals surface area contributed by atoms with Crippen molar-refractivity contribution in [3.05, 3.63) is 99.5 Å². The van der Waals surface area contributed by atoms with E-state index in [1.807, 2.05) is 63.4 Å². The standard InChI is InChI=1S/C31H29ClN6O2S2/c1-21-7-3-6-10-27(21)38-29(24-8-4-5-9-25(24)32)34-35-31(38)42-20-28-33-26(19-41-28)30(39)37-17-15-36(16-18-37)22-11-13-23(40-2)14-12-22/h3-14,19H,15-18,20H2,1-2H3. The molecule has 214 valence electrons. The van der Waals surface area contributed by atoms with Gasteiger partial charge in [0.25, 0.3) is 5.91 Å². The number of methoxy groups -OCH3 is 1. The first-order chi connectivity index (χ1) is 20.5. The van der Waals surface area contributed by atoms with E-state index in [0.717, 1.165) is 51.5 Å². The van der Waals surface area contributed by atoms with Crippen LogP contribution in [0.15, 0.2) is 83.3 Å². The summed E-state index contributed by atoms with van der Waals surface area (Å²) in [5.74, 6) is 2.05. The lowest BCUT2D eigenvalue weighted by molar-refractivity contribution is 0.0741. The van der Waals surface area contributed by atoms with Crippen LogP contribution in [0.25, 0.3) is 17.1 Å². The molecule has 5 aromatic rings. The molecule has 42 heavy (non-hydrogen) atoms. The molecule has 0 radical (unpaired) electrons. The highest BCUT2D eigenvalue weighted by Gasteiger charge is 2.25. The quantitative estimate of drug-likeness (QED) is 0.181. The van der Waals surface area contributed by atoms with Crippen LogP contribution in [0.1, 0.15) is 21.1 Å². The Morgan fingerprint density at radius 3 is 2.45 bits per heavy atom. The molecule has 0 saturated carbocycles. The maximum absolute atomic E-state index is 13.3. The maximum Gasteiger partial charge on any atom is 0.273 e. The third kappa shape index (κ3) is 5.88. The van der Waals surface area contributed by atoms with Gasteiger partial charge in [-0.15, -0.1) is 21.5 Å². The number of carbonyl (C=O) groups is 1. The van der Waals surface area contributed by atoms with Crippen molar-refractivity contribution in [2.24, 2.45) is 0 Å². The molecule has 1 fully saturated rings. The zero-order valence-electron chi connectivity index (χ0n) is 23.2. The smallest absolute Gasteiger partial charge is 0.273 e. The molecule has 1 aliphatic heterocycles. The second kappa shape index (κ2) is 12.6. The molecular weight excluding hydrogens is 588 g/mol. The van der Waals surface area contributed by atoms with Crippen molar-refractivity contribution in [1.29, 1.82) is 0 Å². The van der Waals surface area contributed by atoms with Crippen LogP contribution in [-0.4, -0.2) is 63.8 Å². The molecule has 3 heterocycles. The van der Waals surface area contributed by atoms with Crippen molar-refractivity contribution in [3.63, 3.8) is 0 Å². The zero-order valence-corrected chi connectivity index (χ0v) is 25.6. The minimum absolute atomic E-state index is 0.0269. The molecule has 0 bridgehead atoms. The van der Waals surface area contributed by atoms with Crippen LogP contribution < -0.4 is 9.64 Å². The van der Waals surface area contributed by atoms with Crippen molar-refractivity contribution < 1.29 is 9.53 Å². The van der Waals surface area contributed by atoms with Crippen molar-refractivity contribution >= 4 is 46.3 Å². The molecular formula is C31H29ClN6O2S2. The van der Waals surface area contributed by atoms with Crippen molar-refractivity contribution in [1.82, 2.24) is 24.6 Å². The number of amides is 1. The third-order valence-corrected chi connectivity index (χ3v) is 9.51. The number of halogens is 1. The maximum atomic E-state index is 13.3. The molecule has 1 amide bonds. The summed E-state index contributed by atoms with van der Waals surface area (Å²) in [4.78, 5) is 22.1. The lowest BCUT2D eigenvalue weighted by atomic mass is 10.1. The Balaban J connectivity index is 1.14. The molecule has 8 nitrogen and oxygen atoms in total. The van der Waals surface area contributed by atoms with E-state index in [-0.39, 0.29) is 5.91 Å². The van der Waals surface area contributed by atoms with E-state index in [1.54, 1.807) is 7.11 Å². The van der Waals surface area contributed by atoms with E-state index in [1.165, 1.54) is 23.1 Å². The van der Waals surface area contributed by atoms with Gasteiger partial charge >= 0.3 is 0 Å². The van der Waals surface area contributed by atoms with Gasteiger partial charge in [0.05, 0.1) is 23.6 Å². The number of anilines is 1. The number of aryl methyl sites for hydroxylation is 1. The van der Waals surface area contributed by atoms with Gasteiger partial charge in [0.15, 0.2) is 11.0 Å². The number of carbonyl (C=O) groups excluding carboxylic acids is 1. The number of piperazine rings is 1. The molecule has 3 aromatic carbocycles. The van der Waals surface area contributed by atoms with Gasteiger partial charge in [-0.05, 0) is 55.0 Å². The topological polar surface area (TPSA) is 76.4 Å². The molecule has 0 unspecified atom stereocenters. The van der Waals surface area contributed by atoms with Crippen LogP contribution in [0.3, 0.4) is 0 Å². The molecule has 0 atom stereocenters. The van der Waals surface area contributed by atoms with E-state index >= 15 is 0 Å². The highest BCUT2D eigenvalue weighted by molar-refractivity contribution is 7.98. The highest BCUT2D eigenvalue weighted by Crippen LogP contribution is 2.34. The minimum Gasteiger partial charge on any atom is -0.497 e. The number of rotatable bonds is 8. The van der Waals surface area contributed by atoms with Crippen LogP contribution in [-0.2, 0) is 5.75 Å². The Morgan fingerprint density at radius 2 is 1.71 bits per heavy atom. The number of hydrogen-bond acceptors (Lipinski definition) is 8. The third-order valence-electron chi connectivity index (χ3n) is 7.20. The normalized spacial score (nSPS) is 13.4. The summed E-state index contributed by atoms with van der Waals surface area (Å²) in [5, 5.41) is 13.1. The van der Waals surface area contributed by atoms with E-state index in [4.69, 9.17) is 21.3 Å². The average Bonchev–Trinajstić information content (AvgIpc) is 3.68. The minimum atomic E-state index is -0.0269. The van der Waals surface area contributed by atoms with Crippen LogP contribution in [0, 0.1) is 6.92 Å². The van der Waals surface area contributed by atoms with E-state index < -0.39 is 0 Å². The number of hydrogen-bond donors (Lipinski definition) is 0. The lowest BCUT2D eigenvalue weighted by Crippen LogP contribution is -2.48. The van der Waals surface area contributed by atoms with Gasteiger partial charge in [-0.25, -0.2) is 4.98 Å². The molecule has 0 spiro atoms. The number of para-hydroxylation sites is 1. The highest BCUT2D eigenvalue weighted by atomic mass is 35.5. The molecule has 0 N–H and O–H groups in total. The van der Waals surface area contributed by atoms with Gasteiger partial charge in [-0.2, -0.15) is 0 Å². The van der Waals surface area contributed by atoms with Crippen LogP contribution in [0.4, 0.5) is 5.69 Å². The van der Waals surface area contributed by atoms with Crippen molar-refractivity contribution in [2.45, 2.75) is 17.8 Å². The lowest BCUT2D eigenvalue weighted by Gasteiger charge is -2.35. The summed E-state index contributed by atoms with van der Waals surface area (Å²) in [6.07, 6.45) is 0. The van der Waals surface area contributed by atoms with Crippen molar-refractivity contribution in [2.75, 3.05) is 38.2 Å². The van der Waals surface area contributed by atoms with Gasteiger partial charge in [0.2, 0.25) is 0 Å². The summed E-state index contributed by atoms with van der Waals surface area (Å²) in [5.41, 5.74) is 4.53. The van der Waals surface area contributed by atoms with Gasteiger partial charge in [-0.3, -0.25) is 9.36 Å². The van der Waals surface area contributed by atoms with Gasteiger partial charge in [0.1, 0.15) is 16.5 Å². The Labute approximate surface area is 257 Å². The van der Waals surface area contributed by atoms with Crippen LogP contribution in [0.5, 0.6) is 5.75 Å². The number of benzene rings is 3. The van der Waals surface area contributed by atoms with Crippen LogP contribution >= 0.6 is 34.7 Å². The molecule has 6 rings (SSSR count). The average molecular weight is 617 g/mol. The first-order valence-corrected chi connectivity index (χ1v) is 15.8. The molecule has 1 aliphatic rings. The monoisotopic (exact) mass is 616 g/mol. The van der Waals surface area contributed by atoms with E-state index in [2.05, 4.69) is 46.3 Å². The Hall–Kier alpha value is -3.86. The summed E-state index contributed by atoms with van der Waals surface area (Å²) in [7, 11) is 1.66. The largest absolute Gasteiger partial charge is 0.497 e. The fourth-order valence-corrected chi connectivity index (χ4v) is 6.89. The number of ether oxygens (including phenoxy) is 1. The molecule has 11 heteroatoms. The van der Waals surface area contributed by atoms with Crippen LogP contribution in [0.2, 0.25) is 5.02 Å². The van der Waals surface area contributed by atoms with E-state index in [9.17, 15) is 4.79 Å². The fraction of sp³-hybridized carbons (Fsp3) is 0.226. The first-order valence-electron chi connectivity index (χ1n) is 13.5. The SMILES string of the molecule is COc1ccc(N2CCN(C(=O)c3csc(CSc4nnc(-c5ccccc5Cl)n4-c4ccccc4C)n3)CC2)cc1. The van der Waals surface area contributed by atoms with Gasteiger partial charge < -0.3 is 14.5 Å². The van der Waals surface area contributed by atoms with E-state index in [0.29, 0.717) is 35.4 Å². The summed E-state index contributed by atoms with van der Waals surface area (Å²) in [6, 6.07) is 23.8. The number of thioether (sulfide) groups is 1. The number of nitrogens with zero attached hydrogens (tertiary/aromatic N) is 6. The Morgan fingerprint density at radius 1 is 0.976 bits per heavy atom. The second-order valence-corrected chi connectivity index (χ2v) is 12.1. The zero-order chi connectivity index (χ0) is 29.1. The predicted octanol–water partition coefficient (Wildman–Crippen LogP) is 6.62. The number of thiazole rings is 1. The van der Waals surface area contributed by atoms with Crippen molar-refractivity contribution in [3.8, 4) is 22.8 Å². The fourth-order valence-electron chi connectivity index (χ4n) is 4.94. The Bertz CT molecular complexity index is 1700. The Kier molecular flexibility index (Phi) is 8.46.